The average molecular weight is 669 g/mol. The van der Waals surface area contributed by atoms with E-state index in [-0.39, 0.29) is 48.7 Å². The van der Waals surface area contributed by atoms with Crippen LogP contribution in [0.25, 0.3) is 10.8 Å². The molecule has 9 heteroatoms. The number of nitrogens with zero attached hydrogens (tertiary/aromatic N) is 2. The minimum atomic E-state index is -0.781. The van der Waals surface area contributed by atoms with Gasteiger partial charge in [0.15, 0.2) is 0 Å². The van der Waals surface area contributed by atoms with E-state index in [2.05, 4.69) is 17.6 Å². The van der Waals surface area contributed by atoms with E-state index < -0.39 is 6.04 Å². The predicted molar refractivity (Wildman–Crippen MR) is 192 cm³/mol. The summed E-state index contributed by atoms with van der Waals surface area (Å²) in [6.45, 7) is 3.19. The lowest BCUT2D eigenvalue weighted by Crippen LogP contribution is -2.52. The van der Waals surface area contributed by atoms with E-state index in [9.17, 15) is 19.2 Å². The van der Waals surface area contributed by atoms with Crippen molar-refractivity contribution in [3.05, 3.63) is 77.9 Å². The van der Waals surface area contributed by atoms with Gasteiger partial charge in [-0.2, -0.15) is 0 Å². The van der Waals surface area contributed by atoms with Crippen LogP contribution in [-0.2, 0) is 20.8 Å². The van der Waals surface area contributed by atoms with Crippen molar-refractivity contribution >= 4 is 34.4 Å². The van der Waals surface area contributed by atoms with Gasteiger partial charge in [-0.25, -0.2) is 0 Å². The molecule has 3 atom stereocenters. The maximum Gasteiger partial charge on any atom is 0.253 e. The van der Waals surface area contributed by atoms with Gasteiger partial charge in [0.1, 0.15) is 18.4 Å². The van der Waals surface area contributed by atoms with Gasteiger partial charge in [0.2, 0.25) is 17.7 Å². The first kappa shape index (κ1) is 35.9. The van der Waals surface area contributed by atoms with Gasteiger partial charge >= 0.3 is 0 Å². The molecular formula is C40H52N4O5. The largest absolute Gasteiger partial charge is 0.491 e. The summed E-state index contributed by atoms with van der Waals surface area (Å²) in [5, 5.41) is 8.29. The lowest BCUT2D eigenvalue weighted by Gasteiger charge is -2.30. The van der Waals surface area contributed by atoms with Gasteiger partial charge in [-0.3, -0.25) is 19.2 Å². The maximum atomic E-state index is 14.3. The highest BCUT2D eigenvalue weighted by molar-refractivity contribution is 5.95. The molecule has 0 spiro atoms. The van der Waals surface area contributed by atoms with Gasteiger partial charge < -0.3 is 25.2 Å². The smallest absolute Gasteiger partial charge is 0.253 e. The van der Waals surface area contributed by atoms with Crippen LogP contribution in [0.4, 0.5) is 0 Å². The Hall–Kier alpha value is -4.40. The van der Waals surface area contributed by atoms with Crippen LogP contribution in [0.15, 0.2) is 66.7 Å². The molecule has 2 aliphatic heterocycles. The number of fused-ring (bicyclic) bond motifs is 4. The fourth-order valence-electron chi connectivity index (χ4n) is 7.08. The van der Waals surface area contributed by atoms with Gasteiger partial charge in [0, 0.05) is 38.2 Å². The van der Waals surface area contributed by atoms with Crippen LogP contribution in [0.3, 0.4) is 0 Å². The van der Waals surface area contributed by atoms with Crippen molar-refractivity contribution in [3.8, 4) is 5.75 Å². The summed E-state index contributed by atoms with van der Waals surface area (Å²) in [6, 6.07) is 19.7. The first-order chi connectivity index (χ1) is 23.8. The second-order valence-electron chi connectivity index (χ2n) is 13.7. The highest BCUT2D eigenvalue weighted by Gasteiger charge is 2.39. The Morgan fingerprint density at radius 1 is 0.878 bits per heavy atom. The van der Waals surface area contributed by atoms with Crippen molar-refractivity contribution in [1.82, 2.24) is 20.4 Å². The number of benzene rings is 3. The van der Waals surface area contributed by atoms with E-state index in [4.69, 9.17) is 4.74 Å². The number of amides is 4. The second kappa shape index (κ2) is 17.8. The zero-order valence-electron chi connectivity index (χ0n) is 29.1. The predicted octanol–water partition coefficient (Wildman–Crippen LogP) is 6.04. The molecule has 2 heterocycles. The number of nitrogens with one attached hydrogen (secondary N) is 2. The third kappa shape index (κ3) is 10.1. The minimum Gasteiger partial charge on any atom is -0.491 e. The summed E-state index contributed by atoms with van der Waals surface area (Å²) in [6.07, 6.45) is 10.0. The molecule has 9 nitrogen and oxygen atoms in total. The number of carbonyl (C=O) groups is 4. The van der Waals surface area contributed by atoms with Crippen molar-refractivity contribution in [2.45, 2.75) is 102 Å². The average Bonchev–Trinajstić information content (AvgIpc) is 3.51. The van der Waals surface area contributed by atoms with Crippen LogP contribution in [0.2, 0.25) is 0 Å². The van der Waals surface area contributed by atoms with Crippen molar-refractivity contribution in [2.75, 3.05) is 26.7 Å². The Bertz CT molecular complexity index is 1590. The molecule has 0 saturated carbocycles. The van der Waals surface area contributed by atoms with E-state index in [0.29, 0.717) is 50.1 Å². The first-order valence-corrected chi connectivity index (χ1v) is 18.2. The lowest BCUT2D eigenvalue weighted by atomic mass is 10.0. The Morgan fingerprint density at radius 2 is 1.63 bits per heavy atom. The molecule has 0 unspecified atom stereocenters. The van der Waals surface area contributed by atoms with Crippen LogP contribution in [0.1, 0.15) is 93.5 Å². The molecule has 3 aromatic rings. The molecule has 4 amide bonds. The lowest BCUT2D eigenvalue weighted by molar-refractivity contribution is -0.138. The van der Waals surface area contributed by atoms with Gasteiger partial charge in [-0.05, 0) is 60.2 Å². The van der Waals surface area contributed by atoms with E-state index in [1.807, 2.05) is 48.5 Å². The summed E-state index contributed by atoms with van der Waals surface area (Å²) in [5.41, 5.74) is 1.43. The van der Waals surface area contributed by atoms with Crippen molar-refractivity contribution in [2.24, 2.45) is 0 Å². The van der Waals surface area contributed by atoms with E-state index in [0.717, 1.165) is 35.6 Å². The third-order valence-electron chi connectivity index (χ3n) is 9.79. The van der Waals surface area contributed by atoms with Crippen LogP contribution in [0.5, 0.6) is 5.75 Å². The molecule has 2 bridgehead atoms. The quantitative estimate of drug-likeness (QED) is 0.229. The van der Waals surface area contributed by atoms with Gasteiger partial charge in [0.05, 0.1) is 12.5 Å². The minimum absolute atomic E-state index is 0.00704. The monoisotopic (exact) mass is 668 g/mol. The number of rotatable bonds is 12. The SMILES string of the molecule is CCCCCCCCCC(=O)N[C@H]1C[C@H]2COc3cccc(c3)C(=O)N(C)CCC[C@H](NC(=O)Cc3cccc4ccccc34)C(=O)N2C1. The fourth-order valence-corrected chi connectivity index (χ4v) is 7.08. The number of hydrogen-bond acceptors (Lipinski definition) is 5. The van der Waals surface area contributed by atoms with Crippen LogP contribution in [0, 0.1) is 0 Å². The molecule has 2 N–H and O–H groups in total. The molecule has 0 radical (unpaired) electrons. The van der Waals surface area contributed by atoms with E-state index >= 15 is 0 Å². The van der Waals surface area contributed by atoms with Gasteiger partial charge in [-0.1, -0.05) is 94.0 Å². The zero-order valence-corrected chi connectivity index (χ0v) is 29.1. The Labute approximate surface area is 290 Å². The molecule has 49 heavy (non-hydrogen) atoms. The van der Waals surface area contributed by atoms with Gasteiger partial charge in [-0.15, -0.1) is 0 Å². The number of hydrogen-bond donors (Lipinski definition) is 2. The normalized spacial score (nSPS) is 20.0. The summed E-state index contributed by atoms with van der Waals surface area (Å²) in [5.74, 6) is 0.00421. The Kier molecular flexibility index (Phi) is 13.1. The Morgan fingerprint density at radius 3 is 2.47 bits per heavy atom. The number of ether oxygens (including phenoxy) is 1. The first-order valence-electron chi connectivity index (χ1n) is 18.2. The number of unbranched alkanes of at least 4 members (excludes halogenated alkanes) is 6. The highest BCUT2D eigenvalue weighted by Crippen LogP contribution is 2.24. The topological polar surface area (TPSA) is 108 Å². The van der Waals surface area contributed by atoms with Crippen LogP contribution in [-0.4, -0.2) is 78.3 Å². The summed E-state index contributed by atoms with van der Waals surface area (Å²) < 4.78 is 6.18. The summed E-state index contributed by atoms with van der Waals surface area (Å²) in [7, 11) is 1.74. The zero-order chi connectivity index (χ0) is 34.6. The van der Waals surface area contributed by atoms with Gasteiger partial charge in [0.25, 0.3) is 5.91 Å². The van der Waals surface area contributed by atoms with E-state index in [1.54, 1.807) is 35.0 Å². The van der Waals surface area contributed by atoms with E-state index in [1.165, 1.54) is 25.7 Å². The highest BCUT2D eigenvalue weighted by atomic mass is 16.5. The van der Waals surface area contributed by atoms with Crippen molar-refractivity contribution < 1.29 is 23.9 Å². The maximum absolute atomic E-state index is 14.3. The van der Waals surface area contributed by atoms with Crippen molar-refractivity contribution in [1.29, 1.82) is 0 Å². The molecule has 1 fully saturated rings. The molecule has 5 rings (SSSR count). The van der Waals surface area contributed by atoms with Crippen molar-refractivity contribution in [3.63, 3.8) is 0 Å². The third-order valence-corrected chi connectivity index (χ3v) is 9.79. The molecule has 3 aromatic carbocycles. The summed E-state index contributed by atoms with van der Waals surface area (Å²) >= 11 is 0. The standard InChI is InChI=1S/C40H52N4O5/c1-3-4-5-6-7-8-9-22-37(45)41-32-26-33-28-49-34-19-13-18-31(24-34)39(47)43(2)23-14-21-36(40(48)44(33)27-32)42-38(46)25-30-17-12-16-29-15-10-11-20-35(29)30/h10-13,15-20,24,32-33,36H,3-9,14,21-23,25-28H2,1-2H3,(H,41,45)(H,42,46)/t32-,33-,36-/m0/s1. The number of carbonyl (C=O) groups excluding carboxylic acids is 4. The second-order valence-corrected chi connectivity index (χ2v) is 13.7. The molecule has 2 aliphatic rings. The molecule has 1 saturated heterocycles. The molecule has 0 aromatic heterocycles. The Balaban J connectivity index is 1.29. The molecular weight excluding hydrogens is 616 g/mol. The van der Waals surface area contributed by atoms with Crippen LogP contribution >= 0.6 is 0 Å². The molecule has 0 aliphatic carbocycles. The van der Waals surface area contributed by atoms with Crippen LogP contribution < -0.4 is 15.4 Å². The fraction of sp³-hybridized carbons (Fsp3) is 0.500. The molecule has 262 valence electrons. The summed E-state index contributed by atoms with van der Waals surface area (Å²) in [4.78, 5) is 57.4.